The van der Waals surface area contributed by atoms with Gasteiger partial charge in [-0.1, -0.05) is 70.9 Å². The summed E-state index contributed by atoms with van der Waals surface area (Å²) in [7, 11) is 0. The van der Waals surface area contributed by atoms with Crippen molar-refractivity contribution >= 4 is 23.2 Å². The predicted molar refractivity (Wildman–Crippen MR) is 132 cm³/mol. The molecule has 5 rings (SSSR count). The molecule has 0 saturated carbocycles. The van der Waals surface area contributed by atoms with Crippen LogP contribution in [0, 0.1) is 12.7 Å². The second-order valence-corrected chi connectivity index (χ2v) is 8.88. The Morgan fingerprint density at radius 3 is 2.63 bits per heavy atom. The van der Waals surface area contributed by atoms with Crippen LogP contribution < -0.4 is 5.32 Å². The summed E-state index contributed by atoms with van der Waals surface area (Å²) in [6.45, 7) is 4.24. The van der Waals surface area contributed by atoms with Crippen molar-refractivity contribution in [1.29, 1.82) is 0 Å². The topological polar surface area (TPSA) is 71.3 Å². The minimum absolute atomic E-state index is 0.237. The lowest BCUT2D eigenvalue weighted by atomic mass is 9.94. The van der Waals surface area contributed by atoms with E-state index in [0.29, 0.717) is 28.4 Å². The number of carbonyl (C=O) groups is 1. The summed E-state index contributed by atoms with van der Waals surface area (Å²) < 4.78 is 19.4. The van der Waals surface area contributed by atoms with Gasteiger partial charge in [-0.2, -0.15) is 4.98 Å². The Balaban J connectivity index is 1.61. The number of aryl methyl sites for hydroxylation is 1. The van der Waals surface area contributed by atoms with Gasteiger partial charge in [0.1, 0.15) is 5.82 Å². The van der Waals surface area contributed by atoms with Crippen LogP contribution in [-0.2, 0) is 6.54 Å². The van der Waals surface area contributed by atoms with Gasteiger partial charge < -0.3 is 9.84 Å². The lowest BCUT2D eigenvalue weighted by Crippen LogP contribution is -2.45. The molecule has 2 heterocycles. The fourth-order valence-corrected chi connectivity index (χ4v) is 4.45. The average Bonchev–Trinajstić information content (AvgIpc) is 3.31. The molecule has 35 heavy (non-hydrogen) atoms. The molecule has 0 radical (unpaired) electrons. The molecular formula is C27H22ClFN4O2. The van der Waals surface area contributed by atoms with Gasteiger partial charge in [0, 0.05) is 16.3 Å². The van der Waals surface area contributed by atoms with Crippen LogP contribution in [-0.4, -0.2) is 21.1 Å². The van der Waals surface area contributed by atoms with Gasteiger partial charge in [0.2, 0.25) is 5.82 Å². The predicted octanol–water partition coefficient (Wildman–Crippen LogP) is 6.54. The van der Waals surface area contributed by atoms with E-state index in [9.17, 15) is 9.18 Å². The van der Waals surface area contributed by atoms with Gasteiger partial charge in [0.05, 0.1) is 18.2 Å². The van der Waals surface area contributed by atoms with E-state index in [1.807, 2.05) is 50.2 Å². The highest BCUT2D eigenvalue weighted by molar-refractivity contribution is 6.30. The van der Waals surface area contributed by atoms with Gasteiger partial charge in [-0.3, -0.25) is 4.90 Å². The molecule has 0 bridgehead atoms. The number of halogens is 2. The zero-order valence-corrected chi connectivity index (χ0v) is 19.9. The van der Waals surface area contributed by atoms with Gasteiger partial charge in [-0.25, -0.2) is 9.18 Å². The molecule has 6 nitrogen and oxygen atoms in total. The molecule has 176 valence electrons. The van der Waals surface area contributed by atoms with Crippen molar-refractivity contribution in [3.05, 3.63) is 112 Å². The highest BCUT2D eigenvalue weighted by Gasteiger charge is 2.36. The minimum atomic E-state index is -0.559. The second-order valence-electron chi connectivity index (χ2n) is 8.45. The Kier molecular flexibility index (Phi) is 6.09. The van der Waals surface area contributed by atoms with Gasteiger partial charge >= 0.3 is 6.03 Å². The molecule has 2 amide bonds. The first kappa shape index (κ1) is 22.8. The summed E-state index contributed by atoms with van der Waals surface area (Å²) >= 11 is 6.25. The quantitative estimate of drug-likeness (QED) is 0.346. The molecule has 0 spiro atoms. The van der Waals surface area contributed by atoms with Gasteiger partial charge in [-0.05, 0) is 49.2 Å². The standard InChI is InChI=1S/C27H22ClFN4O2/c1-16-6-3-7-18(12-16)15-33-17(2)23(24(30-27(33)34)19-8-4-10-21(28)13-19)26-31-25(32-35-26)20-9-5-11-22(29)14-20/h3-14,24H,15H2,1-2H3,(H,30,34). The van der Waals surface area contributed by atoms with E-state index in [1.54, 1.807) is 29.2 Å². The Morgan fingerprint density at radius 2 is 1.86 bits per heavy atom. The number of hydrogen-bond acceptors (Lipinski definition) is 4. The maximum absolute atomic E-state index is 13.8. The van der Waals surface area contributed by atoms with E-state index >= 15 is 0 Å². The lowest BCUT2D eigenvalue weighted by molar-refractivity contribution is 0.203. The minimum Gasteiger partial charge on any atom is -0.334 e. The number of carbonyl (C=O) groups excluding carboxylic acids is 1. The number of allylic oxidation sites excluding steroid dienone is 1. The lowest BCUT2D eigenvalue weighted by Gasteiger charge is -2.35. The number of aromatic nitrogens is 2. The fourth-order valence-electron chi connectivity index (χ4n) is 4.26. The first-order valence-electron chi connectivity index (χ1n) is 11.1. The van der Waals surface area contributed by atoms with Gasteiger partial charge in [-0.15, -0.1) is 0 Å². The summed E-state index contributed by atoms with van der Waals surface area (Å²) in [5.41, 5.74) is 4.69. The number of urea groups is 1. The molecule has 0 fully saturated rings. The molecular weight excluding hydrogens is 467 g/mol. The van der Waals surface area contributed by atoms with Crippen LogP contribution in [0.3, 0.4) is 0 Å². The van der Waals surface area contributed by atoms with Crippen LogP contribution in [0.4, 0.5) is 9.18 Å². The van der Waals surface area contributed by atoms with E-state index in [4.69, 9.17) is 16.1 Å². The first-order chi connectivity index (χ1) is 16.9. The Morgan fingerprint density at radius 1 is 1.06 bits per heavy atom. The molecule has 8 heteroatoms. The van der Waals surface area contributed by atoms with Crippen LogP contribution in [0.25, 0.3) is 17.0 Å². The number of amides is 2. The molecule has 1 atom stereocenters. The van der Waals surface area contributed by atoms with Crippen LogP contribution in [0.1, 0.15) is 35.5 Å². The third-order valence-corrected chi connectivity index (χ3v) is 6.18. The van der Waals surface area contributed by atoms with Crippen LogP contribution >= 0.6 is 11.6 Å². The first-order valence-corrected chi connectivity index (χ1v) is 11.5. The molecule has 4 aromatic rings. The van der Waals surface area contributed by atoms with Crippen LogP contribution in [0.5, 0.6) is 0 Å². The second kappa shape index (κ2) is 9.35. The summed E-state index contributed by atoms with van der Waals surface area (Å²) in [6, 6.07) is 20.4. The smallest absolute Gasteiger partial charge is 0.322 e. The third-order valence-electron chi connectivity index (χ3n) is 5.94. The Bertz CT molecular complexity index is 1450. The van der Waals surface area contributed by atoms with Crippen molar-refractivity contribution < 1.29 is 13.7 Å². The molecule has 1 N–H and O–H groups in total. The Labute approximate surface area is 207 Å². The fraction of sp³-hybridized carbons (Fsp3) is 0.148. The normalized spacial score (nSPS) is 15.9. The molecule has 1 unspecified atom stereocenters. The highest BCUT2D eigenvalue weighted by atomic mass is 35.5. The van der Waals surface area contributed by atoms with E-state index in [-0.39, 0.29) is 17.7 Å². The van der Waals surface area contributed by atoms with Gasteiger partial charge in [0.15, 0.2) is 0 Å². The van der Waals surface area contributed by atoms with Crippen molar-refractivity contribution in [3.63, 3.8) is 0 Å². The molecule has 0 saturated heterocycles. The number of nitrogens with zero attached hydrogens (tertiary/aromatic N) is 3. The van der Waals surface area contributed by atoms with Crippen molar-refractivity contribution in [2.24, 2.45) is 0 Å². The molecule has 3 aromatic carbocycles. The highest BCUT2D eigenvalue weighted by Crippen LogP contribution is 2.38. The maximum atomic E-state index is 13.8. The average molecular weight is 489 g/mol. The SMILES string of the molecule is CC1=C(c2nc(-c3cccc(F)c3)no2)C(c2cccc(Cl)c2)NC(=O)N1Cc1cccc(C)c1. The van der Waals surface area contributed by atoms with Crippen LogP contribution in [0.15, 0.2) is 83.0 Å². The zero-order chi connectivity index (χ0) is 24.5. The van der Waals surface area contributed by atoms with Crippen molar-refractivity contribution in [2.45, 2.75) is 26.4 Å². The maximum Gasteiger partial charge on any atom is 0.322 e. The Hall–Kier alpha value is -3.97. The van der Waals surface area contributed by atoms with E-state index in [0.717, 1.165) is 16.7 Å². The zero-order valence-electron chi connectivity index (χ0n) is 19.1. The molecule has 1 aromatic heterocycles. The summed E-state index contributed by atoms with van der Waals surface area (Å²) in [4.78, 5) is 19.5. The number of hydrogen-bond donors (Lipinski definition) is 1. The monoisotopic (exact) mass is 488 g/mol. The van der Waals surface area contributed by atoms with Crippen molar-refractivity contribution in [1.82, 2.24) is 20.4 Å². The molecule has 1 aliphatic heterocycles. The van der Waals surface area contributed by atoms with Gasteiger partial charge in [0.25, 0.3) is 5.89 Å². The summed E-state index contributed by atoms with van der Waals surface area (Å²) in [5, 5.41) is 7.69. The van der Waals surface area contributed by atoms with E-state index < -0.39 is 11.9 Å². The number of benzene rings is 3. The number of rotatable bonds is 5. The number of nitrogens with one attached hydrogen (secondary N) is 1. The molecule has 0 aliphatic carbocycles. The van der Waals surface area contributed by atoms with Crippen molar-refractivity contribution in [3.8, 4) is 11.4 Å². The van der Waals surface area contributed by atoms with E-state index in [1.165, 1.54) is 12.1 Å². The largest absolute Gasteiger partial charge is 0.334 e. The molecule has 1 aliphatic rings. The third kappa shape index (κ3) is 4.68. The van der Waals surface area contributed by atoms with Crippen LogP contribution in [0.2, 0.25) is 5.02 Å². The van der Waals surface area contributed by atoms with E-state index in [2.05, 4.69) is 15.5 Å². The van der Waals surface area contributed by atoms with Crippen molar-refractivity contribution in [2.75, 3.05) is 0 Å². The summed E-state index contributed by atoms with van der Waals surface area (Å²) in [6.07, 6.45) is 0. The summed E-state index contributed by atoms with van der Waals surface area (Å²) in [5.74, 6) is 0.100.